The van der Waals surface area contributed by atoms with E-state index in [-0.39, 0.29) is 5.78 Å². The second-order valence-corrected chi connectivity index (χ2v) is 4.65. The summed E-state index contributed by atoms with van der Waals surface area (Å²) in [6.07, 6.45) is 4.55. The van der Waals surface area contributed by atoms with Gasteiger partial charge >= 0.3 is 0 Å². The van der Waals surface area contributed by atoms with Crippen LogP contribution in [0.5, 0.6) is 5.88 Å². The summed E-state index contributed by atoms with van der Waals surface area (Å²) in [7, 11) is 1.51. The van der Waals surface area contributed by atoms with Gasteiger partial charge in [0.2, 0.25) is 11.7 Å². The maximum Gasteiger partial charge on any atom is 0.243 e. The Balaban J connectivity index is 3.30. The van der Waals surface area contributed by atoms with E-state index in [4.69, 9.17) is 4.74 Å². The van der Waals surface area contributed by atoms with Crippen molar-refractivity contribution in [3.8, 4) is 5.88 Å². The average Bonchev–Trinajstić information content (AvgIpc) is 2.52. The highest BCUT2D eigenvalue weighted by molar-refractivity contribution is 6.03. The SMILES string of the molecule is CCN(CC)C(CC)(CC)C(=O)c1nccnc1OC. The molecule has 0 aliphatic rings. The van der Waals surface area contributed by atoms with Gasteiger partial charge < -0.3 is 4.74 Å². The summed E-state index contributed by atoms with van der Waals surface area (Å²) in [6.45, 7) is 9.89. The lowest BCUT2D eigenvalue weighted by atomic mass is 9.84. The van der Waals surface area contributed by atoms with E-state index < -0.39 is 5.54 Å². The molecule has 1 aromatic rings. The Kier molecular flexibility index (Phi) is 6.07. The van der Waals surface area contributed by atoms with Gasteiger partial charge in [0.1, 0.15) is 0 Å². The number of hydrogen-bond acceptors (Lipinski definition) is 5. The average molecular weight is 279 g/mol. The predicted molar refractivity (Wildman–Crippen MR) is 79.1 cm³/mol. The first kappa shape index (κ1) is 16.6. The van der Waals surface area contributed by atoms with E-state index in [0.29, 0.717) is 11.6 Å². The number of Topliss-reactive ketones (excluding diaryl/α,β-unsaturated/α-hetero) is 1. The molecule has 0 bridgehead atoms. The summed E-state index contributed by atoms with van der Waals surface area (Å²) < 4.78 is 5.18. The lowest BCUT2D eigenvalue weighted by Gasteiger charge is -2.40. The lowest BCUT2D eigenvalue weighted by molar-refractivity contribution is 0.0525. The Bertz CT molecular complexity index is 440. The first-order valence-corrected chi connectivity index (χ1v) is 7.26. The zero-order valence-electron chi connectivity index (χ0n) is 13.1. The fourth-order valence-corrected chi connectivity index (χ4v) is 2.84. The van der Waals surface area contributed by atoms with Crippen molar-refractivity contribution in [2.24, 2.45) is 0 Å². The molecule has 5 nitrogen and oxygen atoms in total. The maximum atomic E-state index is 13.0. The number of nitrogens with zero attached hydrogens (tertiary/aromatic N) is 3. The third kappa shape index (κ3) is 2.82. The molecule has 20 heavy (non-hydrogen) atoms. The molecular weight excluding hydrogens is 254 g/mol. The van der Waals surface area contributed by atoms with Gasteiger partial charge in [-0.1, -0.05) is 27.7 Å². The molecule has 1 aromatic heterocycles. The van der Waals surface area contributed by atoms with Crippen LogP contribution in [0.15, 0.2) is 12.4 Å². The second kappa shape index (κ2) is 7.33. The third-order valence-corrected chi connectivity index (χ3v) is 4.03. The fourth-order valence-electron chi connectivity index (χ4n) is 2.84. The Labute approximate surface area is 121 Å². The molecule has 0 N–H and O–H groups in total. The van der Waals surface area contributed by atoms with Crippen LogP contribution in [0, 0.1) is 0 Å². The van der Waals surface area contributed by atoms with Crippen molar-refractivity contribution in [1.29, 1.82) is 0 Å². The number of aromatic nitrogens is 2. The molecule has 0 aliphatic carbocycles. The van der Waals surface area contributed by atoms with Gasteiger partial charge in [-0.25, -0.2) is 9.97 Å². The van der Waals surface area contributed by atoms with Crippen LogP contribution in [-0.2, 0) is 0 Å². The summed E-state index contributed by atoms with van der Waals surface area (Å²) in [5.41, 5.74) is -0.210. The minimum atomic E-state index is -0.535. The van der Waals surface area contributed by atoms with Crippen molar-refractivity contribution in [3.63, 3.8) is 0 Å². The zero-order valence-corrected chi connectivity index (χ0v) is 13.1. The summed E-state index contributed by atoms with van der Waals surface area (Å²) >= 11 is 0. The van der Waals surface area contributed by atoms with Crippen LogP contribution in [-0.4, -0.2) is 46.4 Å². The maximum absolute atomic E-state index is 13.0. The summed E-state index contributed by atoms with van der Waals surface area (Å²) in [4.78, 5) is 23.5. The van der Waals surface area contributed by atoms with Crippen molar-refractivity contribution < 1.29 is 9.53 Å². The minimum absolute atomic E-state index is 0.00356. The van der Waals surface area contributed by atoms with E-state index in [9.17, 15) is 4.79 Å². The lowest BCUT2D eigenvalue weighted by Crippen LogP contribution is -2.54. The third-order valence-electron chi connectivity index (χ3n) is 4.03. The van der Waals surface area contributed by atoms with E-state index in [2.05, 4.69) is 28.7 Å². The van der Waals surface area contributed by atoms with E-state index in [1.165, 1.54) is 19.5 Å². The predicted octanol–water partition coefficient (Wildman–Crippen LogP) is 2.57. The standard InChI is InChI=1S/C15H25N3O2/c1-6-15(7-2,18(8-3)9-4)13(19)12-14(20-5)17-11-10-16-12/h10-11H,6-9H2,1-5H3. The van der Waals surface area contributed by atoms with Crippen LogP contribution in [0.25, 0.3) is 0 Å². The number of rotatable bonds is 8. The van der Waals surface area contributed by atoms with Gasteiger partial charge in [0.25, 0.3) is 0 Å². The van der Waals surface area contributed by atoms with Crippen LogP contribution in [0.2, 0.25) is 0 Å². The van der Waals surface area contributed by atoms with Crippen molar-refractivity contribution in [3.05, 3.63) is 18.1 Å². The number of ether oxygens (including phenoxy) is 1. The number of likely N-dealkylation sites (N-methyl/N-ethyl adjacent to an activating group) is 1. The van der Waals surface area contributed by atoms with Gasteiger partial charge in [0, 0.05) is 12.4 Å². The smallest absolute Gasteiger partial charge is 0.243 e. The van der Waals surface area contributed by atoms with Crippen molar-refractivity contribution in [1.82, 2.24) is 14.9 Å². The van der Waals surface area contributed by atoms with Crippen LogP contribution in [0.4, 0.5) is 0 Å². The van der Waals surface area contributed by atoms with Gasteiger partial charge in [-0.2, -0.15) is 0 Å². The summed E-state index contributed by atoms with van der Waals surface area (Å²) in [5.74, 6) is 0.298. The first-order valence-electron chi connectivity index (χ1n) is 7.26. The van der Waals surface area contributed by atoms with Gasteiger partial charge in [-0.3, -0.25) is 9.69 Å². The molecule has 112 valence electrons. The molecule has 1 rings (SSSR count). The minimum Gasteiger partial charge on any atom is -0.479 e. The van der Waals surface area contributed by atoms with Crippen molar-refractivity contribution >= 4 is 5.78 Å². The first-order chi connectivity index (χ1) is 9.61. The molecule has 0 fully saturated rings. The molecule has 0 unspecified atom stereocenters. The highest BCUT2D eigenvalue weighted by Gasteiger charge is 2.42. The van der Waals surface area contributed by atoms with Gasteiger partial charge in [0.05, 0.1) is 12.6 Å². The molecule has 0 saturated carbocycles. The molecule has 0 amide bonds. The molecule has 0 radical (unpaired) electrons. The number of carbonyl (C=O) groups excluding carboxylic acids is 1. The molecular formula is C15H25N3O2. The molecule has 5 heteroatoms. The fraction of sp³-hybridized carbons (Fsp3) is 0.667. The number of ketones is 1. The monoisotopic (exact) mass is 279 g/mol. The van der Waals surface area contributed by atoms with Crippen LogP contribution < -0.4 is 4.74 Å². The van der Waals surface area contributed by atoms with E-state index in [1.807, 2.05) is 13.8 Å². The molecule has 1 heterocycles. The number of methoxy groups -OCH3 is 1. The largest absolute Gasteiger partial charge is 0.479 e. The van der Waals surface area contributed by atoms with E-state index in [0.717, 1.165) is 25.9 Å². The van der Waals surface area contributed by atoms with Crippen molar-refractivity contribution in [2.45, 2.75) is 46.1 Å². The molecule has 0 aromatic carbocycles. The van der Waals surface area contributed by atoms with Crippen LogP contribution in [0.1, 0.15) is 51.0 Å². The topological polar surface area (TPSA) is 55.3 Å². The zero-order chi connectivity index (χ0) is 15.2. The number of carbonyl (C=O) groups is 1. The molecule has 0 atom stereocenters. The highest BCUT2D eigenvalue weighted by Crippen LogP contribution is 2.30. The van der Waals surface area contributed by atoms with E-state index >= 15 is 0 Å². The van der Waals surface area contributed by atoms with Crippen molar-refractivity contribution in [2.75, 3.05) is 20.2 Å². The van der Waals surface area contributed by atoms with Crippen LogP contribution >= 0.6 is 0 Å². The Morgan fingerprint density at radius 2 is 1.70 bits per heavy atom. The molecule has 0 saturated heterocycles. The Hall–Kier alpha value is -1.49. The quantitative estimate of drug-likeness (QED) is 0.685. The van der Waals surface area contributed by atoms with E-state index in [1.54, 1.807) is 0 Å². The Morgan fingerprint density at radius 1 is 1.15 bits per heavy atom. The molecule has 0 aliphatic heterocycles. The van der Waals surface area contributed by atoms with Crippen LogP contribution in [0.3, 0.4) is 0 Å². The summed E-state index contributed by atoms with van der Waals surface area (Å²) in [5, 5.41) is 0. The summed E-state index contributed by atoms with van der Waals surface area (Å²) in [6, 6.07) is 0. The Morgan fingerprint density at radius 3 is 2.15 bits per heavy atom. The molecule has 0 spiro atoms. The van der Waals surface area contributed by atoms with Gasteiger partial charge in [-0.15, -0.1) is 0 Å². The van der Waals surface area contributed by atoms with Gasteiger partial charge in [0.15, 0.2) is 5.69 Å². The number of hydrogen-bond donors (Lipinski definition) is 0. The van der Waals surface area contributed by atoms with Gasteiger partial charge in [-0.05, 0) is 25.9 Å². The highest BCUT2D eigenvalue weighted by atomic mass is 16.5. The second-order valence-electron chi connectivity index (χ2n) is 4.65. The normalized spacial score (nSPS) is 11.7.